The summed E-state index contributed by atoms with van der Waals surface area (Å²) in [5, 5.41) is 0.884. The quantitative estimate of drug-likeness (QED) is 0.412. The fourth-order valence-electron chi connectivity index (χ4n) is 2.43. The van der Waals surface area contributed by atoms with Crippen molar-refractivity contribution in [3.8, 4) is 0 Å². The lowest BCUT2D eigenvalue weighted by Gasteiger charge is -2.44. The van der Waals surface area contributed by atoms with Crippen molar-refractivity contribution in [3.63, 3.8) is 0 Å². The Kier molecular flexibility index (Phi) is 8.75. The molecule has 0 fully saturated rings. The third-order valence-electron chi connectivity index (χ3n) is 3.01. The van der Waals surface area contributed by atoms with Crippen LogP contribution in [0.3, 0.4) is 0 Å². The number of carbonyl (C=O) groups excluding carboxylic acids is 1. The fourth-order valence-corrected chi connectivity index (χ4v) is 16.3. The van der Waals surface area contributed by atoms with Crippen molar-refractivity contribution in [1.82, 2.24) is 0 Å². The Hall–Kier alpha value is -0.0425. The summed E-state index contributed by atoms with van der Waals surface area (Å²) >= 11 is 0. The molecule has 0 saturated heterocycles. The van der Waals surface area contributed by atoms with Crippen molar-refractivity contribution in [2.75, 3.05) is 0 Å². The minimum Gasteiger partial charge on any atom is -0.414 e. The smallest absolute Gasteiger partial charge is 0.414 e. The van der Waals surface area contributed by atoms with E-state index in [0.29, 0.717) is 12.0 Å². The van der Waals surface area contributed by atoms with Crippen LogP contribution < -0.4 is 5.73 Å². The Bertz CT molecular complexity index is 461. The van der Waals surface area contributed by atoms with Gasteiger partial charge in [-0.3, -0.25) is 4.79 Å². The number of carbonyl (C=O) groups is 1. The molecule has 0 rings (SSSR count). The maximum Gasteiger partial charge on any atom is 0.502 e. The number of hydrogen-bond acceptors (Lipinski definition) is 4. The average Bonchev–Trinajstić information content (AvgIpc) is 2.27. The summed E-state index contributed by atoms with van der Waals surface area (Å²) in [5.74, 6) is -0.419. The Labute approximate surface area is 159 Å². The van der Waals surface area contributed by atoms with Gasteiger partial charge in [0, 0.05) is 10.8 Å². The molecule has 2 N–H and O–H groups in total. The van der Waals surface area contributed by atoms with Gasteiger partial charge in [0.15, 0.2) is 25.0 Å². The normalized spacial score (nSPS) is 15.2. The van der Waals surface area contributed by atoms with Crippen molar-refractivity contribution in [2.24, 2.45) is 5.73 Å². The predicted molar refractivity (Wildman–Crippen MR) is 116 cm³/mol. The summed E-state index contributed by atoms with van der Waals surface area (Å²) in [6, 6.07) is 0. The molecule has 5 nitrogen and oxygen atoms in total. The van der Waals surface area contributed by atoms with Crippen LogP contribution in [0.4, 0.5) is 0 Å². The van der Waals surface area contributed by atoms with Gasteiger partial charge in [0.25, 0.3) is 0 Å². The monoisotopic (exact) mass is 421 g/mol. The van der Waals surface area contributed by atoms with E-state index in [1.54, 1.807) is 6.92 Å². The SMILES string of the molecule is CCC/C(=C(/C)C(N)=O)[Si](O[Si](C)(C)C)(O[Si](C)(C)C)O[Si](C)(C)C. The van der Waals surface area contributed by atoms with Crippen LogP contribution in [0.15, 0.2) is 10.8 Å². The van der Waals surface area contributed by atoms with E-state index < -0.39 is 39.7 Å². The largest absolute Gasteiger partial charge is 0.502 e. The van der Waals surface area contributed by atoms with Crippen LogP contribution in [-0.2, 0) is 17.1 Å². The molecule has 9 heteroatoms. The lowest BCUT2D eigenvalue weighted by Crippen LogP contribution is -2.62. The molecular weight excluding hydrogens is 383 g/mol. The van der Waals surface area contributed by atoms with E-state index in [2.05, 4.69) is 65.8 Å². The second kappa shape index (κ2) is 8.76. The molecule has 0 bridgehead atoms. The van der Waals surface area contributed by atoms with Gasteiger partial charge in [-0.2, -0.15) is 0 Å². The molecule has 0 atom stereocenters. The molecule has 0 aromatic rings. The summed E-state index contributed by atoms with van der Waals surface area (Å²) in [5.41, 5.74) is 6.19. The van der Waals surface area contributed by atoms with Gasteiger partial charge < -0.3 is 18.1 Å². The maximum atomic E-state index is 12.0. The molecule has 1 amide bonds. The number of amides is 1. The molecule has 0 aromatic heterocycles. The molecule has 0 aliphatic rings. The zero-order valence-corrected chi connectivity index (χ0v) is 22.1. The molecule has 0 aliphatic carbocycles. The molecule has 0 aliphatic heterocycles. The maximum absolute atomic E-state index is 12.0. The zero-order chi connectivity index (χ0) is 20.3. The van der Waals surface area contributed by atoms with E-state index in [1.807, 2.05) is 0 Å². The highest BCUT2D eigenvalue weighted by Crippen LogP contribution is 2.35. The van der Waals surface area contributed by atoms with E-state index in [9.17, 15) is 4.79 Å². The first-order valence-corrected chi connectivity index (χ1v) is 21.0. The van der Waals surface area contributed by atoms with Gasteiger partial charge in [-0.25, -0.2) is 0 Å². The third-order valence-corrected chi connectivity index (χ3v) is 15.0. The first kappa shape index (κ1) is 25.0. The number of rotatable bonds is 10. The van der Waals surface area contributed by atoms with Crippen LogP contribution in [0.25, 0.3) is 0 Å². The molecule has 148 valence electrons. The Morgan fingerprint density at radius 1 is 0.800 bits per heavy atom. The van der Waals surface area contributed by atoms with Gasteiger partial charge in [0.05, 0.1) is 0 Å². The van der Waals surface area contributed by atoms with Crippen LogP contribution in [0.2, 0.25) is 58.9 Å². The minimum absolute atomic E-state index is 0.419. The second-order valence-corrected chi connectivity index (χ2v) is 26.3. The molecule has 0 radical (unpaired) electrons. The molecular formula is C16H39NO4Si4. The van der Waals surface area contributed by atoms with E-state index in [0.717, 1.165) is 11.6 Å². The average molecular weight is 422 g/mol. The van der Waals surface area contributed by atoms with Crippen molar-refractivity contribution in [2.45, 2.75) is 85.6 Å². The van der Waals surface area contributed by atoms with Crippen LogP contribution in [0, 0.1) is 0 Å². The highest BCUT2D eigenvalue weighted by Gasteiger charge is 2.53. The molecule has 25 heavy (non-hydrogen) atoms. The molecule has 0 unspecified atom stereocenters. The van der Waals surface area contributed by atoms with Gasteiger partial charge in [0.2, 0.25) is 5.91 Å². The van der Waals surface area contributed by atoms with E-state index in [4.69, 9.17) is 18.1 Å². The van der Waals surface area contributed by atoms with Gasteiger partial charge in [-0.05, 0) is 72.3 Å². The molecule has 0 spiro atoms. The van der Waals surface area contributed by atoms with Crippen molar-refractivity contribution in [3.05, 3.63) is 10.8 Å². The third kappa shape index (κ3) is 9.45. The summed E-state index contributed by atoms with van der Waals surface area (Å²) in [6.45, 7) is 23.1. The number of nitrogens with two attached hydrogens (primary N) is 1. The summed E-state index contributed by atoms with van der Waals surface area (Å²) < 4.78 is 20.1. The molecule has 0 heterocycles. The van der Waals surface area contributed by atoms with Crippen molar-refractivity contribution < 1.29 is 17.1 Å². The van der Waals surface area contributed by atoms with Gasteiger partial charge >= 0.3 is 8.80 Å². The predicted octanol–water partition coefficient (Wildman–Crippen LogP) is 4.62. The summed E-state index contributed by atoms with van der Waals surface area (Å²) in [6.07, 6.45) is 1.59. The van der Waals surface area contributed by atoms with E-state index in [1.165, 1.54) is 0 Å². The first-order chi connectivity index (χ1) is 10.9. The summed E-state index contributed by atoms with van der Waals surface area (Å²) in [4.78, 5) is 12.0. The summed E-state index contributed by atoms with van der Waals surface area (Å²) in [7, 11) is -9.20. The lowest BCUT2D eigenvalue weighted by atomic mass is 10.2. The van der Waals surface area contributed by atoms with Gasteiger partial charge in [0.1, 0.15) is 0 Å². The number of allylic oxidation sites excluding steroid dienone is 1. The van der Waals surface area contributed by atoms with Gasteiger partial charge in [-0.1, -0.05) is 13.3 Å². The first-order valence-electron chi connectivity index (χ1n) is 9.03. The second-order valence-electron chi connectivity index (χ2n) is 9.42. The molecule has 0 saturated carbocycles. The Balaban J connectivity index is 6.65. The highest BCUT2D eigenvalue weighted by molar-refractivity contribution is 6.93. The standard InChI is InChI=1S/C16H39NO4Si4/c1-12-13-15(14(2)16(17)18)25(19-22(3,4)5,20-23(6,7)8)21-24(9,10)11/h12-13H2,1-11H3,(H2,17,18)/b15-14+. The van der Waals surface area contributed by atoms with Gasteiger partial charge in [-0.15, -0.1) is 0 Å². The van der Waals surface area contributed by atoms with Crippen molar-refractivity contribution in [1.29, 1.82) is 0 Å². The number of primary amides is 1. The van der Waals surface area contributed by atoms with Crippen LogP contribution in [0.1, 0.15) is 26.7 Å². The lowest BCUT2D eigenvalue weighted by molar-refractivity contribution is -0.114. The number of hydrogen-bond donors (Lipinski definition) is 1. The van der Waals surface area contributed by atoms with Crippen molar-refractivity contribution >= 4 is 39.7 Å². The fraction of sp³-hybridized carbons (Fsp3) is 0.812. The van der Waals surface area contributed by atoms with Crippen LogP contribution in [0.5, 0.6) is 0 Å². The minimum atomic E-state index is -3.21. The topological polar surface area (TPSA) is 70.8 Å². The van der Waals surface area contributed by atoms with Crippen LogP contribution in [-0.4, -0.2) is 39.7 Å². The van der Waals surface area contributed by atoms with E-state index >= 15 is 0 Å². The Morgan fingerprint density at radius 3 is 1.32 bits per heavy atom. The Morgan fingerprint density at radius 2 is 1.12 bits per heavy atom. The zero-order valence-electron chi connectivity index (χ0n) is 18.1. The van der Waals surface area contributed by atoms with Crippen LogP contribution >= 0.6 is 0 Å². The highest BCUT2D eigenvalue weighted by atomic mass is 28.5. The molecule has 0 aromatic carbocycles. The van der Waals surface area contributed by atoms with E-state index in [-0.39, 0.29) is 0 Å².